The van der Waals surface area contributed by atoms with Gasteiger partial charge in [-0.3, -0.25) is 9.79 Å². The number of hydrogen-bond donors (Lipinski definition) is 3. The summed E-state index contributed by atoms with van der Waals surface area (Å²) in [6.07, 6.45) is 6.95. The van der Waals surface area contributed by atoms with E-state index < -0.39 is 0 Å². The van der Waals surface area contributed by atoms with Crippen LogP contribution >= 0.6 is 0 Å². The molecule has 0 aromatic heterocycles. The molecule has 6 nitrogen and oxygen atoms in total. The number of aliphatic hydroxyl groups excluding tert-OH is 1. The molecule has 0 aliphatic carbocycles. The third-order valence-corrected chi connectivity index (χ3v) is 4.84. The van der Waals surface area contributed by atoms with E-state index in [1.54, 1.807) is 0 Å². The molecule has 6 heteroatoms. The van der Waals surface area contributed by atoms with E-state index in [0.29, 0.717) is 31.5 Å². The maximum absolute atomic E-state index is 12.4. The quantitative estimate of drug-likeness (QED) is 0.415. The molecule has 2 unspecified atom stereocenters. The maximum Gasteiger partial charge on any atom is 0.224 e. The van der Waals surface area contributed by atoms with Crippen LogP contribution in [0.1, 0.15) is 65.7 Å². The van der Waals surface area contributed by atoms with Gasteiger partial charge in [0, 0.05) is 45.2 Å². The zero-order valence-electron chi connectivity index (χ0n) is 16.4. The second-order valence-corrected chi connectivity index (χ2v) is 7.00. The molecule has 0 aromatic rings. The summed E-state index contributed by atoms with van der Waals surface area (Å²) in [6.45, 7) is 9.56. The van der Waals surface area contributed by atoms with Gasteiger partial charge in [0.2, 0.25) is 5.91 Å². The summed E-state index contributed by atoms with van der Waals surface area (Å²) >= 11 is 0. The first kappa shape index (κ1) is 21.7. The van der Waals surface area contributed by atoms with Gasteiger partial charge in [0.05, 0.1) is 0 Å². The van der Waals surface area contributed by atoms with Gasteiger partial charge < -0.3 is 20.6 Å². The Morgan fingerprint density at radius 2 is 2.08 bits per heavy atom. The molecule has 1 fully saturated rings. The van der Waals surface area contributed by atoms with E-state index in [1.807, 2.05) is 11.8 Å². The summed E-state index contributed by atoms with van der Waals surface area (Å²) in [4.78, 5) is 19.0. The third kappa shape index (κ3) is 8.56. The zero-order valence-corrected chi connectivity index (χ0v) is 16.4. The van der Waals surface area contributed by atoms with Crippen molar-refractivity contribution in [2.24, 2.45) is 10.9 Å². The molecule has 0 radical (unpaired) electrons. The van der Waals surface area contributed by atoms with Crippen LogP contribution in [0.4, 0.5) is 0 Å². The molecule has 3 N–H and O–H groups in total. The molecule has 0 saturated carbocycles. The van der Waals surface area contributed by atoms with Crippen molar-refractivity contribution in [3.05, 3.63) is 0 Å². The minimum Gasteiger partial charge on any atom is -0.396 e. The first-order valence-electron chi connectivity index (χ1n) is 10.0. The minimum atomic E-state index is 0.215. The number of amides is 1. The Bertz CT molecular complexity index is 395. The van der Waals surface area contributed by atoms with E-state index in [4.69, 9.17) is 5.11 Å². The number of guanidine groups is 1. The first-order chi connectivity index (χ1) is 12.1. The highest BCUT2D eigenvalue weighted by Gasteiger charge is 2.22. The lowest BCUT2D eigenvalue weighted by molar-refractivity contribution is -0.134. The molecular weight excluding hydrogens is 316 g/mol. The van der Waals surface area contributed by atoms with Crippen molar-refractivity contribution < 1.29 is 9.90 Å². The van der Waals surface area contributed by atoms with E-state index in [-0.39, 0.29) is 12.5 Å². The standard InChI is InChI=1S/C19H38N4O2/c1-4-8-17(11-14-24)15-22-19(20-5-2)21-12-10-18(25)23-13-7-6-9-16(23)3/h16-17,24H,4-15H2,1-3H3,(H2,20,21,22). The molecular formula is C19H38N4O2. The summed E-state index contributed by atoms with van der Waals surface area (Å²) in [5, 5.41) is 15.7. The predicted molar refractivity (Wildman–Crippen MR) is 104 cm³/mol. The Balaban J connectivity index is 2.43. The van der Waals surface area contributed by atoms with E-state index in [0.717, 1.165) is 51.2 Å². The van der Waals surface area contributed by atoms with Crippen molar-refractivity contribution >= 4 is 11.9 Å². The normalized spacial score (nSPS) is 19.6. The first-order valence-corrected chi connectivity index (χ1v) is 10.0. The van der Waals surface area contributed by atoms with Crippen LogP contribution in [0.5, 0.6) is 0 Å². The number of carbonyl (C=O) groups excluding carboxylic acids is 1. The number of aliphatic imine (C=N–C) groups is 1. The van der Waals surface area contributed by atoms with Crippen molar-refractivity contribution in [1.82, 2.24) is 15.5 Å². The van der Waals surface area contributed by atoms with Crippen LogP contribution in [0.2, 0.25) is 0 Å². The van der Waals surface area contributed by atoms with Gasteiger partial charge in [0.25, 0.3) is 0 Å². The predicted octanol–water partition coefficient (Wildman–Crippen LogP) is 2.13. The van der Waals surface area contributed by atoms with Crippen molar-refractivity contribution in [3.63, 3.8) is 0 Å². The molecule has 0 bridgehead atoms. The number of nitrogens with one attached hydrogen (secondary N) is 2. The van der Waals surface area contributed by atoms with Gasteiger partial charge in [0.15, 0.2) is 5.96 Å². The van der Waals surface area contributed by atoms with Crippen molar-refractivity contribution in [3.8, 4) is 0 Å². The van der Waals surface area contributed by atoms with Crippen LogP contribution < -0.4 is 10.6 Å². The van der Waals surface area contributed by atoms with Gasteiger partial charge >= 0.3 is 0 Å². The number of nitrogens with zero attached hydrogens (tertiary/aromatic N) is 2. The monoisotopic (exact) mass is 354 g/mol. The van der Waals surface area contributed by atoms with Crippen LogP contribution in [0, 0.1) is 5.92 Å². The van der Waals surface area contributed by atoms with Gasteiger partial charge in [-0.2, -0.15) is 0 Å². The number of rotatable bonds is 10. The Labute approximate surface area is 153 Å². The zero-order chi connectivity index (χ0) is 18.5. The van der Waals surface area contributed by atoms with Crippen LogP contribution in [0.15, 0.2) is 4.99 Å². The molecule has 0 spiro atoms. The summed E-state index contributed by atoms with van der Waals surface area (Å²) in [6, 6.07) is 0.372. The molecule has 25 heavy (non-hydrogen) atoms. The minimum absolute atomic E-state index is 0.215. The maximum atomic E-state index is 12.4. The lowest BCUT2D eigenvalue weighted by Gasteiger charge is -2.33. The second kappa shape index (κ2) is 13.0. The smallest absolute Gasteiger partial charge is 0.224 e. The van der Waals surface area contributed by atoms with Crippen LogP contribution in [0.3, 0.4) is 0 Å². The summed E-state index contributed by atoms with van der Waals surface area (Å²) in [5.74, 6) is 1.42. The van der Waals surface area contributed by atoms with E-state index in [1.165, 1.54) is 6.42 Å². The van der Waals surface area contributed by atoms with Gasteiger partial charge in [-0.25, -0.2) is 0 Å². The fourth-order valence-corrected chi connectivity index (χ4v) is 3.38. The Hall–Kier alpha value is -1.30. The Kier molecular flexibility index (Phi) is 11.3. The fraction of sp³-hybridized carbons (Fsp3) is 0.895. The Morgan fingerprint density at radius 3 is 2.72 bits per heavy atom. The van der Waals surface area contributed by atoms with Crippen LogP contribution in [0.25, 0.3) is 0 Å². The van der Waals surface area contributed by atoms with Crippen molar-refractivity contribution in [2.75, 3.05) is 32.8 Å². The molecule has 1 rings (SSSR count). The average Bonchev–Trinajstić information content (AvgIpc) is 2.60. The third-order valence-electron chi connectivity index (χ3n) is 4.84. The van der Waals surface area contributed by atoms with Crippen LogP contribution in [-0.4, -0.2) is 60.7 Å². The summed E-state index contributed by atoms with van der Waals surface area (Å²) in [7, 11) is 0. The largest absolute Gasteiger partial charge is 0.396 e. The number of hydrogen-bond acceptors (Lipinski definition) is 3. The average molecular weight is 355 g/mol. The van der Waals surface area contributed by atoms with Gasteiger partial charge in [-0.05, 0) is 51.9 Å². The number of aliphatic hydroxyl groups is 1. The van der Waals surface area contributed by atoms with Crippen LogP contribution in [-0.2, 0) is 4.79 Å². The topological polar surface area (TPSA) is 77.0 Å². The van der Waals surface area contributed by atoms with Crippen molar-refractivity contribution in [1.29, 1.82) is 0 Å². The number of piperidine rings is 1. The van der Waals surface area contributed by atoms with Gasteiger partial charge in [-0.1, -0.05) is 13.3 Å². The lowest BCUT2D eigenvalue weighted by atomic mass is 10.0. The lowest BCUT2D eigenvalue weighted by Crippen LogP contribution is -2.44. The molecule has 0 aromatic carbocycles. The Morgan fingerprint density at radius 1 is 1.28 bits per heavy atom. The van der Waals surface area contributed by atoms with E-state index in [9.17, 15) is 4.79 Å². The molecule has 1 aliphatic heterocycles. The highest BCUT2D eigenvalue weighted by atomic mass is 16.3. The molecule has 1 heterocycles. The van der Waals surface area contributed by atoms with E-state index in [2.05, 4.69) is 29.5 Å². The second-order valence-electron chi connectivity index (χ2n) is 7.00. The number of likely N-dealkylation sites (tertiary alicyclic amines) is 1. The molecule has 146 valence electrons. The van der Waals surface area contributed by atoms with Gasteiger partial charge in [0.1, 0.15) is 0 Å². The number of carbonyl (C=O) groups is 1. The molecule has 1 saturated heterocycles. The SMILES string of the molecule is CCCC(CCO)CN=C(NCC)NCCC(=O)N1CCCCC1C. The van der Waals surface area contributed by atoms with E-state index >= 15 is 0 Å². The highest BCUT2D eigenvalue weighted by Crippen LogP contribution is 2.17. The summed E-state index contributed by atoms with van der Waals surface area (Å²) < 4.78 is 0. The van der Waals surface area contributed by atoms with Crippen molar-refractivity contribution in [2.45, 2.75) is 71.8 Å². The molecule has 2 atom stereocenters. The molecule has 1 amide bonds. The highest BCUT2D eigenvalue weighted by molar-refractivity contribution is 5.81. The fourth-order valence-electron chi connectivity index (χ4n) is 3.38. The van der Waals surface area contributed by atoms with Gasteiger partial charge in [-0.15, -0.1) is 0 Å². The summed E-state index contributed by atoms with van der Waals surface area (Å²) in [5.41, 5.74) is 0. The molecule has 1 aliphatic rings.